The monoisotopic (exact) mass is 323 g/mol. The SMILES string of the molecule is CCOC(=O)CC(c1cccc(OC)c1)C(C#N)c1ccccc1. The van der Waals surface area contributed by atoms with Crippen molar-refractivity contribution in [2.24, 2.45) is 0 Å². The van der Waals surface area contributed by atoms with Gasteiger partial charge in [-0.1, -0.05) is 42.5 Å². The molecule has 4 nitrogen and oxygen atoms in total. The number of carbonyl (C=O) groups excluding carboxylic acids is 1. The van der Waals surface area contributed by atoms with E-state index in [4.69, 9.17) is 9.47 Å². The molecule has 0 aromatic heterocycles. The highest BCUT2D eigenvalue weighted by Crippen LogP contribution is 2.36. The number of benzene rings is 2. The molecule has 2 unspecified atom stereocenters. The molecule has 0 aliphatic carbocycles. The zero-order valence-electron chi connectivity index (χ0n) is 13.9. The van der Waals surface area contributed by atoms with E-state index in [2.05, 4.69) is 6.07 Å². The third kappa shape index (κ3) is 4.36. The largest absolute Gasteiger partial charge is 0.497 e. The van der Waals surface area contributed by atoms with Crippen LogP contribution < -0.4 is 4.74 Å². The summed E-state index contributed by atoms with van der Waals surface area (Å²) < 4.78 is 10.4. The summed E-state index contributed by atoms with van der Waals surface area (Å²) in [6.07, 6.45) is 0.147. The Morgan fingerprint density at radius 2 is 1.83 bits per heavy atom. The molecule has 0 fully saturated rings. The molecule has 0 amide bonds. The Balaban J connectivity index is 2.41. The fourth-order valence-electron chi connectivity index (χ4n) is 2.76. The van der Waals surface area contributed by atoms with Gasteiger partial charge in [0.15, 0.2) is 0 Å². The van der Waals surface area contributed by atoms with Crippen LogP contribution in [0.3, 0.4) is 0 Å². The molecule has 0 saturated heterocycles. The molecular weight excluding hydrogens is 302 g/mol. The molecule has 24 heavy (non-hydrogen) atoms. The van der Waals surface area contributed by atoms with E-state index in [1.165, 1.54) is 0 Å². The average Bonchev–Trinajstić information content (AvgIpc) is 2.62. The zero-order chi connectivity index (χ0) is 17.4. The second-order valence-corrected chi connectivity index (χ2v) is 5.41. The quantitative estimate of drug-likeness (QED) is 0.722. The Hall–Kier alpha value is -2.80. The molecular formula is C20H21NO3. The van der Waals surface area contributed by atoms with Gasteiger partial charge in [0.25, 0.3) is 0 Å². The van der Waals surface area contributed by atoms with Gasteiger partial charge in [-0.3, -0.25) is 4.79 Å². The van der Waals surface area contributed by atoms with Crippen molar-refractivity contribution in [1.82, 2.24) is 0 Å². The highest BCUT2D eigenvalue weighted by Gasteiger charge is 2.28. The first-order chi connectivity index (χ1) is 11.7. The van der Waals surface area contributed by atoms with Crippen molar-refractivity contribution in [2.75, 3.05) is 13.7 Å². The van der Waals surface area contributed by atoms with Crippen LogP contribution in [0.15, 0.2) is 54.6 Å². The predicted molar refractivity (Wildman–Crippen MR) is 91.8 cm³/mol. The minimum Gasteiger partial charge on any atom is -0.497 e. The van der Waals surface area contributed by atoms with Crippen LogP contribution in [0.1, 0.15) is 36.3 Å². The van der Waals surface area contributed by atoms with Crippen LogP contribution in [0.5, 0.6) is 5.75 Å². The minimum absolute atomic E-state index is 0.147. The number of rotatable bonds is 7. The van der Waals surface area contributed by atoms with Gasteiger partial charge in [0, 0.05) is 5.92 Å². The molecule has 0 radical (unpaired) electrons. The van der Waals surface area contributed by atoms with Gasteiger partial charge in [-0.05, 0) is 30.2 Å². The highest BCUT2D eigenvalue weighted by molar-refractivity contribution is 5.71. The number of hydrogen-bond donors (Lipinski definition) is 0. The minimum atomic E-state index is -0.442. The molecule has 0 saturated carbocycles. The summed E-state index contributed by atoms with van der Waals surface area (Å²) in [5.74, 6) is -0.345. The van der Waals surface area contributed by atoms with Gasteiger partial charge in [-0.15, -0.1) is 0 Å². The van der Waals surface area contributed by atoms with Crippen LogP contribution >= 0.6 is 0 Å². The van der Waals surface area contributed by atoms with Crippen molar-refractivity contribution < 1.29 is 14.3 Å². The van der Waals surface area contributed by atoms with E-state index in [9.17, 15) is 10.1 Å². The van der Waals surface area contributed by atoms with Gasteiger partial charge in [0.1, 0.15) is 5.75 Å². The van der Waals surface area contributed by atoms with E-state index in [1.807, 2.05) is 54.6 Å². The Morgan fingerprint density at radius 1 is 1.12 bits per heavy atom. The van der Waals surface area contributed by atoms with Gasteiger partial charge >= 0.3 is 5.97 Å². The summed E-state index contributed by atoms with van der Waals surface area (Å²) >= 11 is 0. The maximum absolute atomic E-state index is 12.1. The predicted octanol–water partition coefficient (Wildman–Crippen LogP) is 4.04. The Kier molecular flexibility index (Phi) is 6.39. The molecule has 0 heterocycles. The molecule has 4 heteroatoms. The topological polar surface area (TPSA) is 59.3 Å². The molecule has 0 N–H and O–H groups in total. The first-order valence-corrected chi connectivity index (χ1v) is 7.93. The van der Waals surface area contributed by atoms with Gasteiger partial charge < -0.3 is 9.47 Å². The summed E-state index contributed by atoms with van der Waals surface area (Å²) in [6, 6.07) is 19.4. The van der Waals surface area contributed by atoms with Gasteiger partial charge in [0.05, 0.1) is 32.1 Å². The fraction of sp³-hybridized carbons (Fsp3) is 0.300. The standard InChI is InChI=1S/C20H21NO3/c1-3-24-20(22)13-18(16-10-7-11-17(12-16)23-2)19(14-21)15-8-5-4-6-9-15/h4-12,18-19H,3,13H2,1-2H3. The first-order valence-electron chi connectivity index (χ1n) is 7.93. The molecule has 2 atom stereocenters. The lowest BCUT2D eigenvalue weighted by Gasteiger charge is -2.22. The second-order valence-electron chi connectivity index (χ2n) is 5.41. The first kappa shape index (κ1) is 17.6. The average molecular weight is 323 g/mol. The molecule has 0 spiro atoms. The Morgan fingerprint density at radius 3 is 2.46 bits per heavy atom. The molecule has 2 aromatic rings. The van der Waals surface area contributed by atoms with Crippen LogP contribution in [0, 0.1) is 11.3 Å². The lowest BCUT2D eigenvalue weighted by Crippen LogP contribution is -2.16. The van der Waals surface area contributed by atoms with Crippen molar-refractivity contribution >= 4 is 5.97 Å². The van der Waals surface area contributed by atoms with Crippen molar-refractivity contribution in [3.8, 4) is 11.8 Å². The summed E-state index contributed by atoms with van der Waals surface area (Å²) in [6.45, 7) is 2.10. The molecule has 2 rings (SSSR count). The van der Waals surface area contributed by atoms with Crippen LogP contribution in [0.25, 0.3) is 0 Å². The number of nitrogens with zero attached hydrogens (tertiary/aromatic N) is 1. The smallest absolute Gasteiger partial charge is 0.306 e. The van der Waals surface area contributed by atoms with Crippen LogP contribution in [-0.2, 0) is 9.53 Å². The zero-order valence-corrected chi connectivity index (χ0v) is 13.9. The molecule has 0 aliphatic rings. The summed E-state index contributed by atoms with van der Waals surface area (Å²) in [7, 11) is 1.60. The molecule has 0 bridgehead atoms. The maximum atomic E-state index is 12.1. The highest BCUT2D eigenvalue weighted by atomic mass is 16.5. The Bertz CT molecular complexity index is 706. The molecule has 124 valence electrons. The fourth-order valence-corrected chi connectivity index (χ4v) is 2.76. The number of ether oxygens (including phenoxy) is 2. The number of hydrogen-bond acceptors (Lipinski definition) is 4. The van der Waals surface area contributed by atoms with E-state index in [0.29, 0.717) is 12.4 Å². The van der Waals surface area contributed by atoms with Gasteiger partial charge in [-0.2, -0.15) is 5.26 Å². The van der Waals surface area contributed by atoms with E-state index in [1.54, 1.807) is 14.0 Å². The summed E-state index contributed by atoms with van der Waals surface area (Å²) in [5, 5.41) is 9.75. The summed E-state index contributed by atoms with van der Waals surface area (Å²) in [5.41, 5.74) is 1.77. The molecule has 0 aliphatic heterocycles. The number of methoxy groups -OCH3 is 1. The van der Waals surface area contributed by atoms with Crippen molar-refractivity contribution in [2.45, 2.75) is 25.2 Å². The third-order valence-corrected chi connectivity index (χ3v) is 3.91. The van der Waals surface area contributed by atoms with E-state index in [-0.39, 0.29) is 18.3 Å². The van der Waals surface area contributed by atoms with E-state index in [0.717, 1.165) is 11.1 Å². The van der Waals surface area contributed by atoms with Crippen molar-refractivity contribution in [1.29, 1.82) is 5.26 Å². The van der Waals surface area contributed by atoms with Crippen LogP contribution in [0.4, 0.5) is 0 Å². The maximum Gasteiger partial charge on any atom is 0.306 e. The van der Waals surface area contributed by atoms with Crippen molar-refractivity contribution in [3.05, 3.63) is 65.7 Å². The van der Waals surface area contributed by atoms with Crippen molar-refractivity contribution in [3.63, 3.8) is 0 Å². The lowest BCUT2D eigenvalue weighted by molar-refractivity contribution is -0.143. The number of nitriles is 1. The number of esters is 1. The Labute approximate surface area is 142 Å². The van der Waals surface area contributed by atoms with E-state index >= 15 is 0 Å². The second kappa shape index (κ2) is 8.73. The van der Waals surface area contributed by atoms with Crippen LogP contribution in [-0.4, -0.2) is 19.7 Å². The number of carbonyl (C=O) groups is 1. The van der Waals surface area contributed by atoms with Crippen LogP contribution in [0.2, 0.25) is 0 Å². The lowest BCUT2D eigenvalue weighted by atomic mass is 9.80. The van der Waals surface area contributed by atoms with Gasteiger partial charge in [-0.25, -0.2) is 0 Å². The van der Waals surface area contributed by atoms with Gasteiger partial charge in [0.2, 0.25) is 0 Å². The third-order valence-electron chi connectivity index (χ3n) is 3.91. The normalized spacial score (nSPS) is 12.7. The van der Waals surface area contributed by atoms with E-state index < -0.39 is 5.92 Å². The molecule has 2 aromatic carbocycles. The summed E-state index contributed by atoms with van der Waals surface area (Å²) in [4.78, 5) is 12.1.